The average molecular weight is 250 g/mol. The molecule has 1 saturated heterocycles. The molecular formula is C14H22N2O2. The number of nitrogens with two attached hydrogens (primary N) is 1. The number of ether oxygens (including phenoxy) is 2. The van der Waals surface area contributed by atoms with Crippen LogP contribution in [0.25, 0.3) is 0 Å². The van der Waals surface area contributed by atoms with Gasteiger partial charge in [-0.2, -0.15) is 0 Å². The zero-order valence-corrected chi connectivity index (χ0v) is 11.0. The molecule has 0 bridgehead atoms. The lowest BCUT2D eigenvalue weighted by Gasteiger charge is -2.31. The van der Waals surface area contributed by atoms with Crippen molar-refractivity contribution in [2.75, 3.05) is 39.1 Å². The highest BCUT2D eigenvalue weighted by Gasteiger charge is 2.17. The molecule has 2 N–H and O–H groups in total. The highest BCUT2D eigenvalue weighted by Crippen LogP contribution is 2.19. The van der Waals surface area contributed by atoms with Crippen molar-refractivity contribution >= 4 is 5.69 Å². The zero-order valence-electron chi connectivity index (χ0n) is 11.0. The molecule has 2 rings (SSSR count). The summed E-state index contributed by atoms with van der Waals surface area (Å²) in [7, 11) is 2.15. The maximum Gasteiger partial charge on any atom is 0.142 e. The van der Waals surface area contributed by atoms with E-state index in [9.17, 15) is 0 Å². The Labute approximate surface area is 109 Å². The highest BCUT2D eigenvalue weighted by molar-refractivity contribution is 5.51. The number of benzene rings is 1. The lowest BCUT2D eigenvalue weighted by atomic mass is 10.1. The van der Waals surface area contributed by atoms with Crippen LogP contribution in [0.1, 0.15) is 12.8 Å². The lowest BCUT2D eigenvalue weighted by Crippen LogP contribution is -2.38. The van der Waals surface area contributed by atoms with E-state index in [2.05, 4.69) is 11.9 Å². The number of rotatable bonds is 5. The first-order chi connectivity index (χ1) is 8.77. The van der Waals surface area contributed by atoms with E-state index in [-0.39, 0.29) is 0 Å². The Hall–Kier alpha value is -1.26. The maximum absolute atomic E-state index is 5.83. The second-order valence-electron chi connectivity index (χ2n) is 4.71. The summed E-state index contributed by atoms with van der Waals surface area (Å²) >= 11 is 0. The lowest BCUT2D eigenvalue weighted by molar-refractivity contribution is 0.0392. The quantitative estimate of drug-likeness (QED) is 0.809. The Balaban J connectivity index is 1.73. The Kier molecular flexibility index (Phi) is 4.84. The van der Waals surface area contributed by atoms with E-state index in [1.807, 2.05) is 24.3 Å². The molecule has 0 spiro atoms. The SMILES string of the molecule is CN(CCOc1ccccc1N)C1CCOCC1. The third-order valence-electron chi connectivity index (χ3n) is 3.43. The summed E-state index contributed by atoms with van der Waals surface area (Å²) in [6.07, 6.45) is 2.23. The summed E-state index contributed by atoms with van der Waals surface area (Å²) in [4.78, 5) is 2.35. The molecule has 18 heavy (non-hydrogen) atoms. The van der Waals surface area contributed by atoms with Crippen molar-refractivity contribution in [2.24, 2.45) is 0 Å². The van der Waals surface area contributed by atoms with Gasteiger partial charge >= 0.3 is 0 Å². The van der Waals surface area contributed by atoms with Crippen LogP contribution in [-0.2, 0) is 4.74 Å². The molecular weight excluding hydrogens is 228 g/mol. The summed E-state index contributed by atoms with van der Waals surface area (Å²) in [6.45, 7) is 3.34. The number of para-hydroxylation sites is 2. The van der Waals surface area contributed by atoms with Gasteiger partial charge in [0.05, 0.1) is 5.69 Å². The number of anilines is 1. The Bertz CT molecular complexity index is 365. The second kappa shape index (κ2) is 6.61. The largest absolute Gasteiger partial charge is 0.490 e. The van der Waals surface area contributed by atoms with Crippen molar-refractivity contribution in [3.05, 3.63) is 24.3 Å². The fourth-order valence-corrected chi connectivity index (χ4v) is 2.22. The predicted molar refractivity (Wildman–Crippen MR) is 72.8 cm³/mol. The van der Waals surface area contributed by atoms with E-state index < -0.39 is 0 Å². The molecule has 1 fully saturated rings. The van der Waals surface area contributed by atoms with Crippen LogP contribution in [0.4, 0.5) is 5.69 Å². The predicted octanol–water partition coefficient (Wildman–Crippen LogP) is 1.76. The first-order valence-corrected chi connectivity index (χ1v) is 6.52. The van der Waals surface area contributed by atoms with Gasteiger partial charge in [-0.15, -0.1) is 0 Å². The molecule has 1 aromatic rings. The average Bonchev–Trinajstić information content (AvgIpc) is 2.42. The van der Waals surface area contributed by atoms with E-state index in [4.69, 9.17) is 15.2 Å². The van der Waals surface area contributed by atoms with Crippen molar-refractivity contribution in [3.8, 4) is 5.75 Å². The van der Waals surface area contributed by atoms with Gasteiger partial charge in [0.1, 0.15) is 12.4 Å². The van der Waals surface area contributed by atoms with Crippen LogP contribution in [0.5, 0.6) is 5.75 Å². The van der Waals surface area contributed by atoms with Crippen molar-refractivity contribution in [2.45, 2.75) is 18.9 Å². The number of likely N-dealkylation sites (N-methyl/N-ethyl adjacent to an activating group) is 1. The highest BCUT2D eigenvalue weighted by atomic mass is 16.5. The molecule has 0 aliphatic carbocycles. The van der Waals surface area contributed by atoms with Gasteiger partial charge in [0.15, 0.2) is 0 Å². The molecule has 0 saturated carbocycles. The minimum Gasteiger partial charge on any atom is -0.490 e. The third-order valence-corrected chi connectivity index (χ3v) is 3.43. The molecule has 4 heteroatoms. The van der Waals surface area contributed by atoms with Gasteiger partial charge in [-0.05, 0) is 32.0 Å². The number of nitrogen functional groups attached to an aromatic ring is 1. The monoisotopic (exact) mass is 250 g/mol. The maximum atomic E-state index is 5.83. The summed E-state index contributed by atoms with van der Waals surface area (Å²) in [5.41, 5.74) is 6.53. The number of nitrogens with zero attached hydrogens (tertiary/aromatic N) is 1. The van der Waals surface area contributed by atoms with Crippen molar-refractivity contribution in [3.63, 3.8) is 0 Å². The smallest absolute Gasteiger partial charge is 0.142 e. The fourth-order valence-electron chi connectivity index (χ4n) is 2.22. The molecule has 1 aromatic carbocycles. The van der Waals surface area contributed by atoms with E-state index in [0.717, 1.165) is 38.3 Å². The fraction of sp³-hybridized carbons (Fsp3) is 0.571. The summed E-state index contributed by atoms with van der Waals surface area (Å²) in [6, 6.07) is 8.24. The van der Waals surface area contributed by atoms with Crippen LogP contribution in [0.2, 0.25) is 0 Å². The third kappa shape index (κ3) is 3.62. The molecule has 0 aromatic heterocycles. The van der Waals surface area contributed by atoms with Gasteiger partial charge in [0, 0.05) is 25.8 Å². The molecule has 0 unspecified atom stereocenters. The first-order valence-electron chi connectivity index (χ1n) is 6.52. The number of hydrogen-bond donors (Lipinski definition) is 1. The number of hydrogen-bond acceptors (Lipinski definition) is 4. The second-order valence-corrected chi connectivity index (χ2v) is 4.71. The van der Waals surface area contributed by atoms with E-state index in [1.165, 1.54) is 0 Å². The Morgan fingerprint density at radius 1 is 1.33 bits per heavy atom. The first kappa shape index (κ1) is 13.2. The summed E-state index contributed by atoms with van der Waals surface area (Å²) < 4.78 is 11.1. The Morgan fingerprint density at radius 2 is 2.06 bits per heavy atom. The van der Waals surface area contributed by atoms with Crippen molar-refractivity contribution in [1.82, 2.24) is 4.90 Å². The zero-order chi connectivity index (χ0) is 12.8. The van der Waals surface area contributed by atoms with Gasteiger partial charge in [-0.3, -0.25) is 4.90 Å². The van der Waals surface area contributed by atoms with Crippen LogP contribution < -0.4 is 10.5 Å². The topological polar surface area (TPSA) is 47.7 Å². The molecule has 100 valence electrons. The summed E-state index contributed by atoms with van der Waals surface area (Å²) in [5.74, 6) is 0.776. The minimum absolute atomic E-state index is 0.621. The van der Waals surface area contributed by atoms with E-state index >= 15 is 0 Å². The van der Waals surface area contributed by atoms with Crippen molar-refractivity contribution in [1.29, 1.82) is 0 Å². The van der Waals surface area contributed by atoms with Gasteiger partial charge in [0.25, 0.3) is 0 Å². The van der Waals surface area contributed by atoms with E-state index in [1.54, 1.807) is 0 Å². The van der Waals surface area contributed by atoms with Crippen molar-refractivity contribution < 1.29 is 9.47 Å². The Morgan fingerprint density at radius 3 is 2.78 bits per heavy atom. The standard InChI is InChI=1S/C14H22N2O2/c1-16(12-6-9-17-10-7-12)8-11-18-14-5-3-2-4-13(14)15/h2-5,12H,6-11,15H2,1H3. The van der Waals surface area contributed by atoms with Crippen LogP contribution >= 0.6 is 0 Å². The minimum atomic E-state index is 0.621. The van der Waals surface area contributed by atoms with Crippen LogP contribution in [-0.4, -0.2) is 44.4 Å². The van der Waals surface area contributed by atoms with Crippen LogP contribution in [0.15, 0.2) is 24.3 Å². The molecule has 0 atom stereocenters. The molecule has 0 radical (unpaired) electrons. The molecule has 1 aliphatic heterocycles. The summed E-state index contributed by atoms with van der Waals surface area (Å²) in [5, 5.41) is 0. The van der Waals surface area contributed by atoms with Gasteiger partial charge in [-0.25, -0.2) is 0 Å². The van der Waals surface area contributed by atoms with E-state index in [0.29, 0.717) is 18.3 Å². The molecule has 0 amide bonds. The van der Waals surface area contributed by atoms with Gasteiger partial charge < -0.3 is 15.2 Å². The van der Waals surface area contributed by atoms with Gasteiger partial charge in [-0.1, -0.05) is 12.1 Å². The van der Waals surface area contributed by atoms with Gasteiger partial charge in [0.2, 0.25) is 0 Å². The molecule has 4 nitrogen and oxygen atoms in total. The van der Waals surface area contributed by atoms with Crippen LogP contribution in [0, 0.1) is 0 Å². The molecule has 1 heterocycles. The normalized spacial score (nSPS) is 17.0. The van der Waals surface area contributed by atoms with Crippen LogP contribution in [0.3, 0.4) is 0 Å². The molecule has 1 aliphatic rings.